The van der Waals surface area contributed by atoms with E-state index in [0.717, 1.165) is 21.9 Å². The molecule has 1 aliphatic rings. The van der Waals surface area contributed by atoms with Gasteiger partial charge in [-0.15, -0.1) is 0 Å². The fourth-order valence-corrected chi connectivity index (χ4v) is 5.72. The molecule has 2 aromatic carbocycles. The third kappa shape index (κ3) is 7.56. The van der Waals surface area contributed by atoms with Crippen LogP contribution in [0, 0.1) is 38.3 Å². The van der Waals surface area contributed by atoms with Crippen molar-refractivity contribution in [1.29, 1.82) is 0 Å². The number of aryl methyl sites for hydroxylation is 3. The summed E-state index contributed by atoms with van der Waals surface area (Å²) in [6.07, 6.45) is -0.965. The number of carboxylic acids is 1. The van der Waals surface area contributed by atoms with Crippen LogP contribution in [0.4, 0.5) is 13.2 Å². The van der Waals surface area contributed by atoms with Gasteiger partial charge in [0.05, 0.1) is 18.2 Å². The number of aromatic nitrogens is 2. The Labute approximate surface area is 254 Å². The van der Waals surface area contributed by atoms with Crippen molar-refractivity contribution in [2.75, 3.05) is 19.6 Å². The molecular formula is C33H39F3N4O4. The quantitative estimate of drug-likeness (QED) is 0.290. The Hall–Kier alpha value is -3.99. The first-order chi connectivity index (χ1) is 20.7. The second-order valence-corrected chi connectivity index (χ2v) is 12.1. The zero-order valence-electron chi connectivity index (χ0n) is 25.7. The number of carboxylic acid groups (broad SMARTS) is 1. The van der Waals surface area contributed by atoms with Crippen LogP contribution in [0.1, 0.15) is 66.7 Å². The first-order valence-electron chi connectivity index (χ1n) is 14.8. The van der Waals surface area contributed by atoms with E-state index in [-0.39, 0.29) is 17.9 Å². The van der Waals surface area contributed by atoms with Crippen molar-refractivity contribution in [1.82, 2.24) is 20.0 Å². The summed E-state index contributed by atoms with van der Waals surface area (Å²) in [4.78, 5) is 40.9. The lowest BCUT2D eigenvalue weighted by molar-refractivity contribution is -0.138. The van der Waals surface area contributed by atoms with Gasteiger partial charge in [0.15, 0.2) is 11.6 Å². The molecule has 2 N–H and O–H groups in total. The van der Waals surface area contributed by atoms with Crippen LogP contribution in [-0.2, 0) is 16.0 Å². The standard InChI is InChI=1S/C33H39F3N4O4/c1-18(2)11-28(40-33(44)21(5)12-24(38-40)9-10-39-16-23(34)17-39)32(43)37-27(15-29(41)42)25-13-22(14-26(35)31(25)36)30-19(3)7-6-8-20(30)4/h6-8,12-14,18,23,27-28H,9-11,15-17H2,1-5H3,(H,37,43)(H,41,42). The molecule has 3 aromatic rings. The lowest BCUT2D eigenvalue weighted by Gasteiger charge is -2.34. The maximum absolute atomic E-state index is 15.3. The molecule has 44 heavy (non-hydrogen) atoms. The van der Waals surface area contributed by atoms with Crippen LogP contribution in [0.3, 0.4) is 0 Å². The maximum atomic E-state index is 15.3. The lowest BCUT2D eigenvalue weighted by atomic mass is 9.92. The topological polar surface area (TPSA) is 105 Å². The van der Waals surface area contributed by atoms with Gasteiger partial charge < -0.3 is 10.4 Å². The average Bonchev–Trinajstić information content (AvgIpc) is 2.92. The number of nitrogens with one attached hydrogen (secondary N) is 1. The van der Waals surface area contributed by atoms with E-state index < -0.39 is 53.7 Å². The van der Waals surface area contributed by atoms with Crippen molar-refractivity contribution in [2.24, 2.45) is 5.92 Å². The van der Waals surface area contributed by atoms with E-state index in [1.54, 1.807) is 13.0 Å². The molecule has 1 aliphatic heterocycles. The average molecular weight is 613 g/mol. The molecule has 0 aliphatic carbocycles. The molecule has 1 amide bonds. The summed E-state index contributed by atoms with van der Waals surface area (Å²) in [6.45, 7) is 10.2. The molecule has 1 saturated heterocycles. The molecule has 0 bridgehead atoms. The second-order valence-electron chi connectivity index (χ2n) is 12.1. The van der Waals surface area contributed by atoms with Crippen LogP contribution in [0.15, 0.2) is 41.2 Å². The molecule has 1 aromatic heterocycles. The number of hydrogen-bond donors (Lipinski definition) is 2. The van der Waals surface area contributed by atoms with E-state index in [1.807, 2.05) is 50.8 Å². The molecule has 2 heterocycles. The summed E-state index contributed by atoms with van der Waals surface area (Å²) in [5.41, 5.74) is 2.75. The van der Waals surface area contributed by atoms with Gasteiger partial charge >= 0.3 is 5.97 Å². The monoisotopic (exact) mass is 612 g/mol. The molecule has 8 nitrogen and oxygen atoms in total. The minimum atomic E-state index is -1.44. The number of carbonyl (C=O) groups excluding carboxylic acids is 1. The molecule has 1 fully saturated rings. The zero-order valence-corrected chi connectivity index (χ0v) is 25.7. The SMILES string of the molecule is Cc1cccc(C)c1-c1cc(F)c(F)c(C(CC(=O)O)NC(=O)C(CC(C)C)n2nc(CCN3CC(F)C3)cc(C)c2=O)c1. The number of halogens is 3. The molecule has 11 heteroatoms. The van der Waals surface area contributed by atoms with Crippen molar-refractivity contribution in [3.63, 3.8) is 0 Å². The normalized spacial score (nSPS) is 15.2. The highest BCUT2D eigenvalue weighted by Crippen LogP contribution is 2.33. The minimum absolute atomic E-state index is 0.0783. The van der Waals surface area contributed by atoms with Crippen molar-refractivity contribution in [3.05, 3.63) is 86.3 Å². The summed E-state index contributed by atoms with van der Waals surface area (Å²) in [5.74, 6) is -4.59. The predicted molar refractivity (Wildman–Crippen MR) is 161 cm³/mol. The van der Waals surface area contributed by atoms with Crippen molar-refractivity contribution in [2.45, 2.75) is 72.1 Å². The predicted octanol–water partition coefficient (Wildman–Crippen LogP) is 5.23. The Morgan fingerprint density at radius 3 is 2.32 bits per heavy atom. The van der Waals surface area contributed by atoms with Gasteiger partial charge in [0.25, 0.3) is 5.56 Å². The maximum Gasteiger partial charge on any atom is 0.305 e. The Balaban J connectivity index is 1.71. The number of rotatable bonds is 12. The summed E-state index contributed by atoms with van der Waals surface area (Å²) < 4.78 is 44.7. The molecule has 0 spiro atoms. The van der Waals surface area contributed by atoms with Crippen molar-refractivity contribution < 1.29 is 27.9 Å². The Morgan fingerprint density at radius 2 is 1.73 bits per heavy atom. The van der Waals surface area contributed by atoms with E-state index in [1.165, 1.54) is 6.07 Å². The number of alkyl halides is 1. The summed E-state index contributed by atoms with van der Waals surface area (Å²) in [6, 6.07) is 6.98. The highest BCUT2D eigenvalue weighted by Gasteiger charge is 2.31. The number of nitrogens with zero attached hydrogens (tertiary/aromatic N) is 3. The number of aliphatic carboxylic acids is 1. The van der Waals surface area contributed by atoms with Crippen molar-refractivity contribution in [3.8, 4) is 11.1 Å². The molecule has 236 valence electrons. The van der Waals surface area contributed by atoms with Gasteiger partial charge in [-0.1, -0.05) is 32.0 Å². The zero-order chi connectivity index (χ0) is 32.3. The highest BCUT2D eigenvalue weighted by atomic mass is 19.2. The van der Waals surface area contributed by atoms with Gasteiger partial charge in [-0.25, -0.2) is 17.9 Å². The van der Waals surface area contributed by atoms with Gasteiger partial charge in [0, 0.05) is 37.2 Å². The third-order valence-corrected chi connectivity index (χ3v) is 7.95. The number of amides is 1. The van der Waals surface area contributed by atoms with E-state index in [2.05, 4.69) is 10.4 Å². The Morgan fingerprint density at radius 1 is 1.07 bits per heavy atom. The fraction of sp³-hybridized carbons (Fsp3) is 0.455. The number of likely N-dealkylation sites (tertiary alicyclic amines) is 1. The highest BCUT2D eigenvalue weighted by molar-refractivity contribution is 5.82. The van der Waals surface area contributed by atoms with Crippen molar-refractivity contribution >= 4 is 11.9 Å². The van der Waals surface area contributed by atoms with Crippen LogP contribution >= 0.6 is 0 Å². The molecule has 4 rings (SSSR count). The van der Waals surface area contributed by atoms with Crippen LogP contribution in [0.25, 0.3) is 11.1 Å². The Bertz CT molecular complexity index is 1580. The minimum Gasteiger partial charge on any atom is -0.481 e. The fourth-order valence-electron chi connectivity index (χ4n) is 5.72. The Kier molecular flexibility index (Phi) is 10.3. The summed E-state index contributed by atoms with van der Waals surface area (Å²) in [5, 5.41) is 16.8. The van der Waals surface area contributed by atoms with E-state index >= 15 is 8.78 Å². The van der Waals surface area contributed by atoms with Crippen LogP contribution < -0.4 is 10.9 Å². The number of carbonyl (C=O) groups is 2. The van der Waals surface area contributed by atoms with E-state index in [0.29, 0.717) is 48.4 Å². The van der Waals surface area contributed by atoms with E-state index in [9.17, 15) is 23.9 Å². The molecular weight excluding hydrogens is 573 g/mol. The van der Waals surface area contributed by atoms with Gasteiger partial charge in [0.1, 0.15) is 12.2 Å². The first kappa shape index (κ1) is 32.9. The van der Waals surface area contributed by atoms with Gasteiger partial charge in [-0.2, -0.15) is 5.10 Å². The van der Waals surface area contributed by atoms with Crippen LogP contribution in [-0.4, -0.2) is 57.5 Å². The van der Waals surface area contributed by atoms with Crippen LogP contribution in [0.2, 0.25) is 0 Å². The second kappa shape index (κ2) is 13.8. The molecule has 2 atom stereocenters. The summed E-state index contributed by atoms with van der Waals surface area (Å²) >= 11 is 0. The first-order valence-corrected chi connectivity index (χ1v) is 14.8. The lowest BCUT2D eigenvalue weighted by Crippen LogP contribution is -2.49. The molecule has 0 radical (unpaired) electrons. The largest absolute Gasteiger partial charge is 0.481 e. The van der Waals surface area contributed by atoms with Gasteiger partial charge in [-0.3, -0.25) is 19.3 Å². The summed E-state index contributed by atoms with van der Waals surface area (Å²) in [7, 11) is 0. The van der Waals surface area contributed by atoms with Gasteiger partial charge in [0.2, 0.25) is 5.91 Å². The van der Waals surface area contributed by atoms with Gasteiger partial charge in [-0.05, 0) is 73.6 Å². The number of hydrogen-bond acceptors (Lipinski definition) is 5. The molecule has 2 unspecified atom stereocenters. The van der Waals surface area contributed by atoms with Crippen LogP contribution in [0.5, 0.6) is 0 Å². The number of benzene rings is 2. The molecule has 0 saturated carbocycles. The third-order valence-electron chi connectivity index (χ3n) is 7.95. The van der Waals surface area contributed by atoms with E-state index in [4.69, 9.17) is 0 Å². The smallest absolute Gasteiger partial charge is 0.305 e.